The predicted octanol–water partition coefficient (Wildman–Crippen LogP) is 4.68. The fraction of sp³-hybridized carbons (Fsp3) is 0.240. The third kappa shape index (κ3) is 5.14. The van der Waals surface area contributed by atoms with E-state index in [-0.39, 0.29) is 23.4 Å². The first kappa shape index (κ1) is 22.6. The van der Waals surface area contributed by atoms with Crippen LogP contribution in [0.5, 0.6) is 0 Å². The topological polar surface area (TPSA) is 66.5 Å². The van der Waals surface area contributed by atoms with E-state index < -0.39 is 10.0 Å². The number of hydrogen-bond donors (Lipinski definition) is 1. The average Bonchev–Trinajstić information content (AvgIpc) is 2.75. The van der Waals surface area contributed by atoms with Crippen molar-refractivity contribution in [3.8, 4) is 0 Å². The monoisotopic (exact) mass is 436 g/mol. The van der Waals surface area contributed by atoms with Crippen molar-refractivity contribution in [1.29, 1.82) is 0 Å². The van der Waals surface area contributed by atoms with E-state index in [1.807, 2.05) is 58.0 Å². The largest absolute Gasteiger partial charge is 0.348 e. The lowest BCUT2D eigenvalue weighted by atomic mass is 10.00. The number of benzene rings is 3. The van der Waals surface area contributed by atoms with E-state index in [0.717, 1.165) is 22.3 Å². The van der Waals surface area contributed by atoms with Crippen LogP contribution < -0.4 is 9.62 Å². The van der Waals surface area contributed by atoms with Crippen LogP contribution >= 0.6 is 0 Å². The molecule has 1 amide bonds. The summed E-state index contributed by atoms with van der Waals surface area (Å²) in [6.07, 6.45) is 0. The molecule has 31 heavy (non-hydrogen) atoms. The Kier molecular flexibility index (Phi) is 6.81. The van der Waals surface area contributed by atoms with E-state index in [1.165, 1.54) is 16.4 Å². The van der Waals surface area contributed by atoms with E-state index in [4.69, 9.17) is 0 Å². The van der Waals surface area contributed by atoms with E-state index in [9.17, 15) is 13.2 Å². The van der Waals surface area contributed by atoms with Crippen LogP contribution in [-0.2, 0) is 14.8 Å². The molecule has 0 radical (unpaired) electrons. The van der Waals surface area contributed by atoms with Gasteiger partial charge in [0, 0.05) is 0 Å². The first-order valence-electron chi connectivity index (χ1n) is 10.2. The molecule has 0 bridgehead atoms. The van der Waals surface area contributed by atoms with Gasteiger partial charge in [-0.3, -0.25) is 9.10 Å². The number of carbonyl (C=O) groups is 1. The van der Waals surface area contributed by atoms with Gasteiger partial charge in [0.2, 0.25) is 5.91 Å². The Bertz CT molecular complexity index is 1170. The number of nitrogens with one attached hydrogen (secondary N) is 1. The van der Waals surface area contributed by atoms with Gasteiger partial charge in [-0.25, -0.2) is 8.42 Å². The highest BCUT2D eigenvalue weighted by molar-refractivity contribution is 7.92. The number of anilines is 1. The number of aryl methyl sites for hydroxylation is 3. The van der Waals surface area contributed by atoms with Crippen LogP contribution in [0.15, 0.2) is 77.7 Å². The van der Waals surface area contributed by atoms with Crippen LogP contribution in [0.3, 0.4) is 0 Å². The minimum atomic E-state index is -3.91. The molecule has 0 fully saturated rings. The molecular formula is C25H28N2O3S. The first-order valence-corrected chi connectivity index (χ1v) is 11.6. The van der Waals surface area contributed by atoms with Gasteiger partial charge >= 0.3 is 0 Å². The maximum absolute atomic E-state index is 13.4. The summed E-state index contributed by atoms with van der Waals surface area (Å²) in [5, 5.41) is 2.96. The zero-order chi connectivity index (χ0) is 22.6. The zero-order valence-electron chi connectivity index (χ0n) is 18.3. The van der Waals surface area contributed by atoms with Crippen LogP contribution in [-0.4, -0.2) is 20.9 Å². The minimum absolute atomic E-state index is 0.147. The SMILES string of the molecule is Cc1ccc(C)c(C(C)NC(=O)CN(c2ccccc2C)S(=O)(=O)c2ccccc2)c1. The number of nitrogens with zero attached hydrogens (tertiary/aromatic N) is 1. The van der Waals surface area contributed by atoms with Crippen LogP contribution in [0.2, 0.25) is 0 Å². The molecule has 6 heteroatoms. The molecule has 162 valence electrons. The van der Waals surface area contributed by atoms with Gasteiger partial charge in [0.25, 0.3) is 10.0 Å². The molecule has 0 aliphatic rings. The molecule has 1 atom stereocenters. The molecular weight excluding hydrogens is 408 g/mol. The molecule has 3 rings (SSSR count). The Morgan fingerprint density at radius 1 is 0.903 bits per heavy atom. The van der Waals surface area contributed by atoms with Crippen molar-refractivity contribution in [2.45, 2.75) is 38.6 Å². The van der Waals surface area contributed by atoms with Gasteiger partial charge in [-0.05, 0) is 62.6 Å². The molecule has 0 heterocycles. The van der Waals surface area contributed by atoms with E-state index in [2.05, 4.69) is 5.32 Å². The van der Waals surface area contributed by atoms with Crippen LogP contribution in [0, 0.1) is 20.8 Å². The van der Waals surface area contributed by atoms with Gasteiger partial charge in [-0.2, -0.15) is 0 Å². The van der Waals surface area contributed by atoms with Crippen LogP contribution in [0.1, 0.15) is 35.2 Å². The van der Waals surface area contributed by atoms with Crippen molar-refractivity contribution < 1.29 is 13.2 Å². The van der Waals surface area contributed by atoms with E-state index >= 15 is 0 Å². The quantitative estimate of drug-likeness (QED) is 0.585. The standard InChI is InChI=1S/C25H28N2O3S/c1-18-14-15-19(2)23(16-18)21(4)26-25(28)17-27(24-13-9-8-10-20(24)3)31(29,30)22-11-6-5-7-12-22/h5-16,21H,17H2,1-4H3,(H,26,28). The van der Waals surface area contributed by atoms with Gasteiger partial charge < -0.3 is 5.32 Å². The normalized spacial score (nSPS) is 12.3. The van der Waals surface area contributed by atoms with Crippen molar-refractivity contribution >= 4 is 21.6 Å². The highest BCUT2D eigenvalue weighted by Gasteiger charge is 2.28. The summed E-state index contributed by atoms with van der Waals surface area (Å²) in [5.74, 6) is -0.365. The number of hydrogen-bond acceptors (Lipinski definition) is 3. The number of carbonyl (C=O) groups excluding carboxylic acids is 1. The first-order chi connectivity index (χ1) is 14.7. The Balaban J connectivity index is 1.91. The fourth-order valence-corrected chi connectivity index (χ4v) is 5.09. The van der Waals surface area contributed by atoms with Gasteiger partial charge in [-0.1, -0.05) is 60.2 Å². The Morgan fingerprint density at radius 3 is 2.23 bits per heavy atom. The smallest absolute Gasteiger partial charge is 0.264 e. The Hall–Kier alpha value is -3.12. The molecule has 5 nitrogen and oxygen atoms in total. The van der Waals surface area contributed by atoms with Crippen molar-refractivity contribution in [3.63, 3.8) is 0 Å². The van der Waals surface area contributed by atoms with Gasteiger partial charge in [0.15, 0.2) is 0 Å². The summed E-state index contributed by atoms with van der Waals surface area (Å²) in [6, 6.07) is 21.2. The molecule has 0 saturated heterocycles. The van der Waals surface area contributed by atoms with E-state index in [1.54, 1.807) is 30.3 Å². The Morgan fingerprint density at radius 2 is 1.55 bits per heavy atom. The molecule has 0 aliphatic carbocycles. The van der Waals surface area contributed by atoms with Crippen molar-refractivity contribution in [2.75, 3.05) is 10.8 Å². The molecule has 0 saturated carbocycles. The number of sulfonamides is 1. The van der Waals surface area contributed by atoms with E-state index in [0.29, 0.717) is 5.69 Å². The molecule has 3 aromatic carbocycles. The summed E-state index contributed by atoms with van der Waals surface area (Å²) in [4.78, 5) is 13.1. The van der Waals surface area contributed by atoms with Crippen molar-refractivity contribution in [3.05, 3.63) is 95.1 Å². The highest BCUT2D eigenvalue weighted by Crippen LogP contribution is 2.27. The minimum Gasteiger partial charge on any atom is -0.348 e. The lowest BCUT2D eigenvalue weighted by Gasteiger charge is -2.26. The third-order valence-corrected chi connectivity index (χ3v) is 7.06. The molecule has 0 spiro atoms. The molecule has 1 N–H and O–H groups in total. The van der Waals surface area contributed by atoms with Crippen LogP contribution in [0.25, 0.3) is 0 Å². The van der Waals surface area contributed by atoms with Gasteiger partial charge in [0.1, 0.15) is 6.54 Å². The molecule has 1 unspecified atom stereocenters. The number of rotatable bonds is 7. The van der Waals surface area contributed by atoms with Gasteiger partial charge in [-0.15, -0.1) is 0 Å². The second kappa shape index (κ2) is 9.35. The highest BCUT2D eigenvalue weighted by atomic mass is 32.2. The van der Waals surface area contributed by atoms with Crippen molar-refractivity contribution in [2.24, 2.45) is 0 Å². The molecule has 3 aromatic rings. The zero-order valence-corrected chi connectivity index (χ0v) is 19.1. The average molecular weight is 437 g/mol. The summed E-state index contributed by atoms with van der Waals surface area (Å²) in [7, 11) is -3.91. The van der Waals surface area contributed by atoms with Crippen LogP contribution in [0.4, 0.5) is 5.69 Å². The summed E-state index contributed by atoms with van der Waals surface area (Å²) in [6.45, 7) is 7.43. The molecule has 0 aliphatic heterocycles. The van der Waals surface area contributed by atoms with Gasteiger partial charge in [0.05, 0.1) is 16.6 Å². The summed E-state index contributed by atoms with van der Waals surface area (Å²) in [5.41, 5.74) is 4.46. The lowest BCUT2D eigenvalue weighted by Crippen LogP contribution is -2.42. The summed E-state index contributed by atoms with van der Waals surface area (Å²) < 4.78 is 28.0. The Labute approximate surface area is 184 Å². The lowest BCUT2D eigenvalue weighted by molar-refractivity contribution is -0.120. The predicted molar refractivity (Wildman–Crippen MR) is 125 cm³/mol. The number of para-hydroxylation sites is 1. The second-order valence-corrected chi connectivity index (χ2v) is 9.62. The second-order valence-electron chi connectivity index (χ2n) is 7.76. The maximum Gasteiger partial charge on any atom is 0.264 e. The molecule has 0 aromatic heterocycles. The maximum atomic E-state index is 13.4. The number of amides is 1. The van der Waals surface area contributed by atoms with Crippen molar-refractivity contribution in [1.82, 2.24) is 5.32 Å². The summed E-state index contributed by atoms with van der Waals surface area (Å²) >= 11 is 0. The third-order valence-electron chi connectivity index (χ3n) is 5.28. The fourth-order valence-electron chi connectivity index (χ4n) is 3.58.